The number of fused-ring (bicyclic) bond motifs is 1. The molecule has 1 atom stereocenters. The van der Waals surface area contributed by atoms with Crippen LogP contribution in [0, 0.1) is 0 Å². The Balaban J connectivity index is 2.20. The number of ether oxygens (including phenoxy) is 1. The van der Waals surface area contributed by atoms with E-state index in [1.807, 2.05) is 0 Å². The van der Waals surface area contributed by atoms with Crippen molar-refractivity contribution in [1.29, 1.82) is 0 Å². The molecule has 1 aliphatic rings. The number of nitrogens with two attached hydrogens (primary N) is 1. The standard InChI is InChI=1S/C16H14N2O4/c17-15(19)13-9(3-1-4-11(13)16(20)21)10-6-8-22-12-5-2-7-18-14(10)12/h1-5,7,10H,6,8H2,(H2,17,19)(H,20,21). The SMILES string of the molecule is NC(=O)c1c(C(=O)O)cccc1C1CCOc2cccnc21. The van der Waals surface area contributed by atoms with Gasteiger partial charge in [0.25, 0.3) is 0 Å². The zero-order valence-electron chi connectivity index (χ0n) is 11.7. The third-order valence-corrected chi connectivity index (χ3v) is 3.74. The van der Waals surface area contributed by atoms with Crippen molar-refractivity contribution in [1.82, 2.24) is 4.98 Å². The minimum Gasteiger partial charge on any atom is -0.492 e. The van der Waals surface area contributed by atoms with Crippen molar-refractivity contribution in [3.63, 3.8) is 0 Å². The second-order valence-electron chi connectivity index (χ2n) is 5.02. The summed E-state index contributed by atoms with van der Waals surface area (Å²) in [7, 11) is 0. The quantitative estimate of drug-likeness (QED) is 0.899. The lowest BCUT2D eigenvalue weighted by Gasteiger charge is -2.26. The first kappa shape index (κ1) is 14.1. The molecule has 1 amide bonds. The van der Waals surface area contributed by atoms with E-state index in [0.717, 1.165) is 0 Å². The molecule has 0 bridgehead atoms. The normalized spacial score (nSPS) is 16.5. The molecule has 0 radical (unpaired) electrons. The Bertz CT molecular complexity index is 758. The average Bonchev–Trinajstić information content (AvgIpc) is 2.53. The van der Waals surface area contributed by atoms with Crippen LogP contribution in [0.15, 0.2) is 36.5 Å². The summed E-state index contributed by atoms with van der Waals surface area (Å²) in [5, 5.41) is 9.28. The summed E-state index contributed by atoms with van der Waals surface area (Å²) in [6.45, 7) is 0.471. The van der Waals surface area contributed by atoms with E-state index in [2.05, 4.69) is 4.98 Å². The van der Waals surface area contributed by atoms with Crippen molar-refractivity contribution >= 4 is 11.9 Å². The van der Waals surface area contributed by atoms with E-state index in [4.69, 9.17) is 10.5 Å². The summed E-state index contributed by atoms with van der Waals surface area (Å²) in [6.07, 6.45) is 2.25. The Morgan fingerprint density at radius 3 is 2.82 bits per heavy atom. The van der Waals surface area contributed by atoms with E-state index in [9.17, 15) is 14.7 Å². The Morgan fingerprint density at radius 1 is 1.27 bits per heavy atom. The van der Waals surface area contributed by atoms with Gasteiger partial charge in [-0.05, 0) is 30.2 Å². The lowest BCUT2D eigenvalue weighted by atomic mass is 9.85. The van der Waals surface area contributed by atoms with Gasteiger partial charge < -0.3 is 15.6 Å². The van der Waals surface area contributed by atoms with Crippen LogP contribution < -0.4 is 10.5 Å². The van der Waals surface area contributed by atoms with Gasteiger partial charge >= 0.3 is 5.97 Å². The van der Waals surface area contributed by atoms with Gasteiger partial charge in [-0.15, -0.1) is 0 Å². The van der Waals surface area contributed by atoms with Crippen molar-refractivity contribution < 1.29 is 19.4 Å². The molecule has 3 N–H and O–H groups in total. The zero-order chi connectivity index (χ0) is 15.7. The topological polar surface area (TPSA) is 103 Å². The molecule has 3 rings (SSSR count). The molecule has 1 aromatic carbocycles. The van der Waals surface area contributed by atoms with E-state index in [1.165, 1.54) is 6.07 Å². The first-order chi connectivity index (χ1) is 10.6. The fraction of sp³-hybridized carbons (Fsp3) is 0.188. The van der Waals surface area contributed by atoms with Crippen LogP contribution in [-0.4, -0.2) is 28.6 Å². The summed E-state index contributed by atoms with van der Waals surface area (Å²) in [5.74, 6) is -1.50. The van der Waals surface area contributed by atoms with Crippen molar-refractivity contribution in [2.75, 3.05) is 6.61 Å². The molecule has 6 nitrogen and oxygen atoms in total. The van der Waals surface area contributed by atoms with E-state index in [-0.39, 0.29) is 17.0 Å². The lowest BCUT2D eigenvalue weighted by molar-refractivity contribution is 0.0691. The molecule has 0 saturated carbocycles. The first-order valence-electron chi connectivity index (χ1n) is 6.83. The van der Waals surface area contributed by atoms with Gasteiger partial charge in [-0.2, -0.15) is 0 Å². The number of amides is 1. The van der Waals surface area contributed by atoms with Crippen LogP contribution in [0.3, 0.4) is 0 Å². The number of benzene rings is 1. The molecular formula is C16H14N2O4. The van der Waals surface area contributed by atoms with Crippen LogP contribution in [0.5, 0.6) is 5.75 Å². The Hall–Kier alpha value is -2.89. The first-order valence-corrected chi connectivity index (χ1v) is 6.83. The summed E-state index contributed by atoms with van der Waals surface area (Å²) >= 11 is 0. The molecule has 0 spiro atoms. The molecule has 1 aromatic heterocycles. The monoisotopic (exact) mass is 298 g/mol. The third kappa shape index (κ3) is 2.28. The number of carbonyl (C=O) groups excluding carboxylic acids is 1. The minimum absolute atomic E-state index is 0.0403. The van der Waals surface area contributed by atoms with Gasteiger partial charge in [-0.1, -0.05) is 12.1 Å². The van der Waals surface area contributed by atoms with Crippen molar-refractivity contribution in [2.24, 2.45) is 5.73 Å². The van der Waals surface area contributed by atoms with Gasteiger partial charge in [-0.3, -0.25) is 9.78 Å². The highest BCUT2D eigenvalue weighted by Crippen LogP contribution is 2.38. The summed E-state index contributed by atoms with van der Waals surface area (Å²) in [5.41, 5.74) is 6.65. The maximum atomic E-state index is 11.8. The number of carboxylic acid groups (broad SMARTS) is 1. The van der Waals surface area contributed by atoms with Gasteiger partial charge in [0.1, 0.15) is 5.75 Å². The molecule has 2 aromatic rings. The van der Waals surface area contributed by atoms with Crippen LogP contribution in [0.4, 0.5) is 0 Å². The van der Waals surface area contributed by atoms with Gasteiger partial charge in [-0.25, -0.2) is 4.79 Å². The highest BCUT2D eigenvalue weighted by Gasteiger charge is 2.29. The average molecular weight is 298 g/mol. The predicted octanol–water partition coefficient (Wildman–Crippen LogP) is 1.79. The molecule has 22 heavy (non-hydrogen) atoms. The van der Waals surface area contributed by atoms with Crippen LogP contribution in [0.25, 0.3) is 0 Å². The Labute approximate surface area is 126 Å². The second kappa shape index (κ2) is 5.48. The highest BCUT2D eigenvalue weighted by atomic mass is 16.5. The molecule has 112 valence electrons. The smallest absolute Gasteiger partial charge is 0.336 e. The Kier molecular flexibility index (Phi) is 3.50. The summed E-state index contributed by atoms with van der Waals surface area (Å²) in [6, 6.07) is 8.29. The van der Waals surface area contributed by atoms with E-state index in [1.54, 1.807) is 30.5 Å². The van der Waals surface area contributed by atoms with Gasteiger partial charge in [0.05, 0.1) is 23.4 Å². The van der Waals surface area contributed by atoms with Gasteiger partial charge in [0.2, 0.25) is 5.91 Å². The molecule has 0 saturated heterocycles. The number of carbonyl (C=O) groups is 2. The maximum absolute atomic E-state index is 11.8. The van der Waals surface area contributed by atoms with Crippen molar-refractivity contribution in [3.05, 3.63) is 58.9 Å². The molecule has 1 aliphatic heterocycles. The molecule has 0 aliphatic carbocycles. The molecule has 2 heterocycles. The number of primary amides is 1. The number of aromatic carboxylic acids is 1. The fourth-order valence-corrected chi connectivity index (χ4v) is 2.83. The van der Waals surface area contributed by atoms with Crippen molar-refractivity contribution in [3.8, 4) is 5.75 Å². The molecule has 6 heteroatoms. The summed E-state index contributed by atoms with van der Waals surface area (Å²) < 4.78 is 5.56. The van der Waals surface area contributed by atoms with E-state index >= 15 is 0 Å². The van der Waals surface area contributed by atoms with Crippen LogP contribution in [0.2, 0.25) is 0 Å². The van der Waals surface area contributed by atoms with Crippen molar-refractivity contribution in [2.45, 2.75) is 12.3 Å². The molecular weight excluding hydrogens is 284 g/mol. The van der Waals surface area contributed by atoms with Gasteiger partial charge in [0.15, 0.2) is 0 Å². The number of nitrogens with zero attached hydrogens (tertiary/aromatic N) is 1. The zero-order valence-corrected chi connectivity index (χ0v) is 11.7. The largest absolute Gasteiger partial charge is 0.492 e. The minimum atomic E-state index is -1.18. The second-order valence-corrected chi connectivity index (χ2v) is 5.02. The lowest BCUT2D eigenvalue weighted by Crippen LogP contribution is -2.23. The number of pyridine rings is 1. The molecule has 0 fully saturated rings. The van der Waals surface area contributed by atoms with Crippen LogP contribution in [-0.2, 0) is 0 Å². The van der Waals surface area contributed by atoms with Crippen LogP contribution in [0.1, 0.15) is 44.3 Å². The van der Waals surface area contributed by atoms with E-state index in [0.29, 0.717) is 30.0 Å². The predicted molar refractivity (Wildman–Crippen MR) is 78.1 cm³/mol. The van der Waals surface area contributed by atoms with E-state index < -0.39 is 11.9 Å². The fourth-order valence-electron chi connectivity index (χ4n) is 2.83. The number of hydrogen-bond acceptors (Lipinski definition) is 4. The Morgan fingerprint density at radius 2 is 2.09 bits per heavy atom. The molecule has 1 unspecified atom stereocenters. The number of carboxylic acids is 1. The van der Waals surface area contributed by atoms with Gasteiger partial charge in [0, 0.05) is 12.1 Å². The number of hydrogen-bond donors (Lipinski definition) is 2. The van der Waals surface area contributed by atoms with Crippen LogP contribution >= 0.6 is 0 Å². The third-order valence-electron chi connectivity index (χ3n) is 3.74. The summed E-state index contributed by atoms with van der Waals surface area (Å²) in [4.78, 5) is 27.5. The number of aromatic nitrogens is 1. The number of rotatable bonds is 3. The maximum Gasteiger partial charge on any atom is 0.336 e. The highest BCUT2D eigenvalue weighted by molar-refractivity contribution is 6.05.